The fourth-order valence-corrected chi connectivity index (χ4v) is 1.41. The van der Waals surface area contributed by atoms with E-state index in [1.54, 1.807) is 0 Å². The first-order valence-corrected chi connectivity index (χ1v) is 5.94. The number of hydrogen-bond donors (Lipinski definition) is 2. The van der Waals surface area contributed by atoms with E-state index in [0.717, 1.165) is 13.0 Å². The van der Waals surface area contributed by atoms with Gasteiger partial charge in [-0.15, -0.1) is 34.0 Å². The summed E-state index contributed by atoms with van der Waals surface area (Å²) in [6.45, 7) is 1.32. The van der Waals surface area contributed by atoms with Gasteiger partial charge in [0.05, 0.1) is 12.3 Å². The van der Waals surface area contributed by atoms with Gasteiger partial charge >= 0.3 is 5.88 Å². The van der Waals surface area contributed by atoms with Crippen LogP contribution in [0.15, 0.2) is 21.7 Å². The lowest BCUT2D eigenvalue weighted by Gasteiger charge is -2.17. The normalized spacial score (nSPS) is 10.1. The molecule has 0 aliphatic rings. The Morgan fingerprint density at radius 1 is 1.45 bits per heavy atom. The third kappa shape index (κ3) is 8.10. The van der Waals surface area contributed by atoms with E-state index in [1.165, 1.54) is 23.4 Å². The molecule has 1 rings (SSSR count). The molecule has 22 heavy (non-hydrogen) atoms. The van der Waals surface area contributed by atoms with Crippen LogP contribution in [0.3, 0.4) is 0 Å². The summed E-state index contributed by atoms with van der Waals surface area (Å²) in [5, 5.41) is 23.2. The third-order valence-corrected chi connectivity index (χ3v) is 2.37. The second-order valence-corrected chi connectivity index (χ2v) is 4.34. The molecule has 0 aromatic carbocycles. The first kappa shape index (κ1) is 22.8. The summed E-state index contributed by atoms with van der Waals surface area (Å²) in [4.78, 5) is 11.8. The van der Waals surface area contributed by atoms with E-state index in [1.807, 2.05) is 19.0 Å². The van der Waals surface area contributed by atoms with E-state index in [-0.39, 0.29) is 51.6 Å². The molecule has 0 unspecified atom stereocenters. The third-order valence-electron chi connectivity index (χ3n) is 2.37. The lowest BCUT2D eigenvalue weighted by atomic mass is 10.4. The van der Waals surface area contributed by atoms with E-state index in [2.05, 4.69) is 5.10 Å². The monoisotopic (exact) mass is 442 g/mol. The van der Waals surface area contributed by atoms with Gasteiger partial charge in [0.1, 0.15) is 4.92 Å². The molecule has 0 radical (unpaired) electrons. The highest BCUT2D eigenvalue weighted by atomic mass is 79.9. The second-order valence-electron chi connectivity index (χ2n) is 4.34. The minimum Gasteiger partial charge on any atom is -0.400 e. The molecule has 0 saturated carbocycles. The Balaban J connectivity index is 0. The van der Waals surface area contributed by atoms with Crippen molar-refractivity contribution in [2.45, 2.75) is 6.42 Å². The molecular formula is C11H20Br2N6O3. The minimum absolute atomic E-state index is 0. The molecule has 0 bridgehead atoms. The van der Waals surface area contributed by atoms with Crippen molar-refractivity contribution in [2.24, 2.45) is 10.8 Å². The van der Waals surface area contributed by atoms with Crippen LogP contribution in [0.2, 0.25) is 0 Å². The zero-order valence-corrected chi connectivity index (χ0v) is 15.7. The maximum atomic E-state index is 10.5. The van der Waals surface area contributed by atoms with Crippen molar-refractivity contribution in [3.8, 4) is 0 Å². The number of guanidine groups is 1. The molecule has 0 fully saturated rings. The number of rotatable bonds is 7. The van der Waals surface area contributed by atoms with Crippen molar-refractivity contribution in [2.75, 3.05) is 27.2 Å². The summed E-state index contributed by atoms with van der Waals surface area (Å²) in [6, 6.07) is 2.67. The zero-order valence-electron chi connectivity index (χ0n) is 12.3. The summed E-state index contributed by atoms with van der Waals surface area (Å²) in [5.41, 5.74) is 5.41. The Bertz CT molecular complexity index is 506. The first-order valence-electron chi connectivity index (χ1n) is 5.94. The van der Waals surface area contributed by atoms with Gasteiger partial charge in [0.25, 0.3) is 0 Å². The number of hydrazone groups is 1. The number of nitro groups is 1. The highest BCUT2D eigenvalue weighted by Crippen LogP contribution is 2.13. The van der Waals surface area contributed by atoms with Gasteiger partial charge in [0.2, 0.25) is 5.96 Å². The van der Waals surface area contributed by atoms with Crippen molar-refractivity contribution in [1.82, 2.24) is 9.91 Å². The van der Waals surface area contributed by atoms with Crippen molar-refractivity contribution < 1.29 is 9.34 Å². The fourth-order valence-electron chi connectivity index (χ4n) is 1.41. The van der Waals surface area contributed by atoms with E-state index >= 15 is 0 Å². The maximum Gasteiger partial charge on any atom is 0.433 e. The number of nitrogens with zero attached hydrogens (tertiary/aromatic N) is 4. The molecule has 0 aliphatic carbocycles. The SMILES string of the molecule is Br.Br.CN(C)CCCN(/N=C\c1ccc([N+](=O)[O-])o1)C(=N)N. The number of nitrogens with one attached hydrogen (secondary N) is 1. The lowest BCUT2D eigenvalue weighted by molar-refractivity contribution is -0.402. The van der Waals surface area contributed by atoms with Gasteiger partial charge < -0.3 is 15.1 Å². The summed E-state index contributed by atoms with van der Waals surface area (Å²) < 4.78 is 4.92. The quantitative estimate of drug-likeness (QED) is 0.286. The van der Waals surface area contributed by atoms with Crippen LogP contribution in [0, 0.1) is 15.5 Å². The van der Waals surface area contributed by atoms with Crippen LogP contribution in [-0.2, 0) is 0 Å². The minimum atomic E-state index is -0.628. The average molecular weight is 444 g/mol. The van der Waals surface area contributed by atoms with Crippen LogP contribution in [-0.4, -0.2) is 54.2 Å². The van der Waals surface area contributed by atoms with Crippen LogP contribution in [0.1, 0.15) is 12.2 Å². The summed E-state index contributed by atoms with van der Waals surface area (Å²) in [7, 11) is 3.90. The largest absolute Gasteiger partial charge is 0.433 e. The van der Waals surface area contributed by atoms with Crippen LogP contribution in [0.5, 0.6) is 0 Å². The molecule has 3 N–H and O–H groups in total. The molecule has 0 spiro atoms. The Kier molecular flexibility index (Phi) is 11.6. The Hall–Kier alpha value is -1.46. The molecule has 11 heteroatoms. The van der Waals surface area contributed by atoms with Gasteiger partial charge in [-0.1, -0.05) is 0 Å². The van der Waals surface area contributed by atoms with Crippen LogP contribution < -0.4 is 5.73 Å². The molecule has 0 aliphatic heterocycles. The van der Waals surface area contributed by atoms with Gasteiger partial charge in [0.15, 0.2) is 5.76 Å². The Labute approximate surface area is 149 Å². The van der Waals surface area contributed by atoms with Gasteiger partial charge in [-0.05, 0) is 33.1 Å². The van der Waals surface area contributed by atoms with Gasteiger partial charge in [-0.25, -0.2) is 5.01 Å². The molecule has 0 amide bonds. The topological polar surface area (TPSA) is 125 Å². The lowest BCUT2D eigenvalue weighted by Crippen LogP contribution is -2.34. The maximum absolute atomic E-state index is 10.5. The summed E-state index contributed by atoms with van der Waals surface area (Å²) >= 11 is 0. The summed E-state index contributed by atoms with van der Waals surface area (Å²) in [5.74, 6) is -0.315. The molecular weight excluding hydrogens is 424 g/mol. The van der Waals surface area contributed by atoms with Gasteiger partial charge in [0, 0.05) is 6.54 Å². The van der Waals surface area contributed by atoms with E-state index in [9.17, 15) is 10.1 Å². The molecule has 0 atom stereocenters. The number of nitrogens with two attached hydrogens (primary N) is 1. The molecule has 1 aromatic heterocycles. The average Bonchev–Trinajstić information content (AvgIpc) is 2.81. The molecule has 1 aromatic rings. The van der Waals surface area contributed by atoms with Crippen molar-refractivity contribution in [3.63, 3.8) is 0 Å². The first-order chi connectivity index (χ1) is 9.40. The predicted octanol–water partition coefficient (Wildman–Crippen LogP) is 1.82. The molecule has 126 valence electrons. The highest BCUT2D eigenvalue weighted by Gasteiger charge is 2.11. The van der Waals surface area contributed by atoms with E-state index in [0.29, 0.717) is 6.54 Å². The van der Waals surface area contributed by atoms with Crippen molar-refractivity contribution in [3.05, 3.63) is 28.0 Å². The smallest absolute Gasteiger partial charge is 0.400 e. The van der Waals surface area contributed by atoms with Crippen LogP contribution >= 0.6 is 34.0 Å². The van der Waals surface area contributed by atoms with Crippen molar-refractivity contribution >= 4 is 52.0 Å². The zero-order chi connectivity index (χ0) is 15.1. The number of hydrogen-bond acceptors (Lipinski definition) is 6. The van der Waals surface area contributed by atoms with E-state index < -0.39 is 4.92 Å². The predicted molar refractivity (Wildman–Crippen MR) is 95.4 cm³/mol. The Morgan fingerprint density at radius 3 is 2.55 bits per heavy atom. The second kappa shape index (κ2) is 11.2. The molecule has 9 nitrogen and oxygen atoms in total. The molecule has 0 saturated heterocycles. The van der Waals surface area contributed by atoms with Gasteiger partial charge in [-0.3, -0.25) is 15.5 Å². The number of furan rings is 1. The fraction of sp³-hybridized carbons (Fsp3) is 0.455. The number of halogens is 2. The molecule has 1 heterocycles. The van der Waals surface area contributed by atoms with Crippen LogP contribution in [0.25, 0.3) is 0 Å². The standard InChI is InChI=1S/C11H18N6O3.2BrH/c1-15(2)6-3-7-16(11(12)13)14-8-9-4-5-10(20-9)17(18)19;;/h4-5,8H,3,6-7H2,1-2H3,(H3,12,13);2*1H/b14-8-;;. The van der Waals surface area contributed by atoms with Crippen LogP contribution in [0.4, 0.5) is 5.88 Å². The van der Waals surface area contributed by atoms with E-state index in [4.69, 9.17) is 15.6 Å². The Morgan fingerprint density at radius 2 is 2.09 bits per heavy atom. The summed E-state index contributed by atoms with van der Waals surface area (Å²) in [6.07, 6.45) is 2.08. The highest BCUT2D eigenvalue weighted by molar-refractivity contribution is 8.93. The van der Waals surface area contributed by atoms with Gasteiger partial charge in [-0.2, -0.15) is 5.10 Å². The van der Waals surface area contributed by atoms with Crippen molar-refractivity contribution in [1.29, 1.82) is 5.41 Å².